The minimum absolute atomic E-state index is 0.471. The molecule has 0 aliphatic heterocycles. The summed E-state index contributed by atoms with van der Waals surface area (Å²) in [5, 5.41) is 3.65. The van der Waals surface area contributed by atoms with Crippen LogP contribution < -0.4 is 5.32 Å². The highest BCUT2D eigenvalue weighted by Crippen LogP contribution is 2.36. The van der Waals surface area contributed by atoms with Gasteiger partial charge in [0.05, 0.1) is 12.6 Å². The molecule has 1 atom stereocenters. The van der Waals surface area contributed by atoms with Crippen molar-refractivity contribution >= 4 is 17.4 Å². The third-order valence-electron chi connectivity index (χ3n) is 3.07. The maximum atomic E-state index is 5.31. The number of anilines is 1. The molecule has 0 radical (unpaired) electrons. The van der Waals surface area contributed by atoms with Crippen LogP contribution in [0.4, 0.5) is 5.69 Å². The molecule has 0 amide bonds. The maximum Gasteiger partial charge on any atom is 0.0666 e. The highest BCUT2D eigenvalue weighted by atomic mass is 32.2. The SMILES string of the molecule is CCSc1ccccc1NC(COC)C1CC1. The van der Waals surface area contributed by atoms with Crippen molar-refractivity contribution in [2.24, 2.45) is 5.92 Å². The summed E-state index contributed by atoms with van der Waals surface area (Å²) in [6, 6.07) is 9.03. The molecule has 0 bridgehead atoms. The molecule has 1 fully saturated rings. The van der Waals surface area contributed by atoms with Crippen LogP contribution in [-0.2, 0) is 4.74 Å². The molecule has 0 heterocycles. The number of rotatable bonds is 7. The first-order valence-electron chi connectivity index (χ1n) is 6.32. The largest absolute Gasteiger partial charge is 0.383 e. The first-order chi connectivity index (χ1) is 8.35. The molecule has 0 saturated heterocycles. The van der Waals surface area contributed by atoms with Gasteiger partial charge in [0.15, 0.2) is 0 Å². The van der Waals surface area contributed by atoms with E-state index in [0.717, 1.165) is 18.3 Å². The van der Waals surface area contributed by atoms with Crippen molar-refractivity contribution < 1.29 is 4.74 Å². The molecule has 1 unspecified atom stereocenters. The van der Waals surface area contributed by atoms with Crippen molar-refractivity contribution in [3.05, 3.63) is 24.3 Å². The molecule has 1 N–H and O–H groups in total. The Kier molecular flexibility index (Phi) is 4.75. The van der Waals surface area contributed by atoms with Crippen LogP contribution in [0.1, 0.15) is 19.8 Å². The van der Waals surface area contributed by atoms with Crippen LogP contribution in [-0.4, -0.2) is 25.5 Å². The highest BCUT2D eigenvalue weighted by molar-refractivity contribution is 7.99. The van der Waals surface area contributed by atoms with Crippen molar-refractivity contribution in [1.82, 2.24) is 0 Å². The fourth-order valence-corrected chi connectivity index (χ4v) is 2.81. The number of nitrogens with one attached hydrogen (secondary N) is 1. The van der Waals surface area contributed by atoms with Gasteiger partial charge < -0.3 is 10.1 Å². The highest BCUT2D eigenvalue weighted by Gasteiger charge is 2.31. The van der Waals surface area contributed by atoms with E-state index in [2.05, 4.69) is 36.5 Å². The van der Waals surface area contributed by atoms with Gasteiger partial charge in [-0.05, 0) is 36.6 Å². The second-order valence-corrected chi connectivity index (χ2v) is 5.78. The van der Waals surface area contributed by atoms with Crippen molar-refractivity contribution in [3.63, 3.8) is 0 Å². The molecule has 2 nitrogen and oxygen atoms in total. The van der Waals surface area contributed by atoms with Crippen molar-refractivity contribution in [3.8, 4) is 0 Å². The van der Waals surface area contributed by atoms with E-state index in [4.69, 9.17) is 4.74 Å². The zero-order valence-electron chi connectivity index (χ0n) is 10.6. The smallest absolute Gasteiger partial charge is 0.0666 e. The third-order valence-corrected chi connectivity index (χ3v) is 4.02. The standard InChI is InChI=1S/C14H21NOS/c1-3-17-14-7-5-4-6-12(14)15-13(10-16-2)11-8-9-11/h4-7,11,13,15H,3,8-10H2,1-2H3. The van der Waals surface area contributed by atoms with Crippen molar-refractivity contribution in [2.45, 2.75) is 30.7 Å². The van der Waals surface area contributed by atoms with Gasteiger partial charge in [0.1, 0.15) is 0 Å². The zero-order chi connectivity index (χ0) is 12.1. The van der Waals surface area contributed by atoms with E-state index in [1.165, 1.54) is 23.4 Å². The van der Waals surface area contributed by atoms with E-state index in [1.807, 2.05) is 11.8 Å². The van der Waals surface area contributed by atoms with E-state index in [0.29, 0.717) is 6.04 Å². The number of methoxy groups -OCH3 is 1. The summed E-state index contributed by atoms with van der Waals surface area (Å²) in [6.45, 7) is 2.99. The molecule has 1 saturated carbocycles. The Morgan fingerprint density at radius 3 is 2.82 bits per heavy atom. The normalized spacial score (nSPS) is 16.8. The van der Waals surface area contributed by atoms with Gasteiger partial charge in [-0.1, -0.05) is 19.1 Å². The molecule has 3 heteroatoms. The Hall–Kier alpha value is -0.670. The van der Waals surface area contributed by atoms with Gasteiger partial charge in [0.2, 0.25) is 0 Å². The summed E-state index contributed by atoms with van der Waals surface area (Å²) < 4.78 is 5.31. The molecular weight excluding hydrogens is 230 g/mol. The molecule has 1 aliphatic carbocycles. The summed E-state index contributed by atoms with van der Waals surface area (Å²) in [4.78, 5) is 1.34. The first-order valence-corrected chi connectivity index (χ1v) is 7.31. The van der Waals surface area contributed by atoms with Crippen molar-refractivity contribution in [1.29, 1.82) is 0 Å². The van der Waals surface area contributed by atoms with Gasteiger partial charge >= 0.3 is 0 Å². The van der Waals surface area contributed by atoms with Gasteiger partial charge in [-0.25, -0.2) is 0 Å². The van der Waals surface area contributed by atoms with Crippen LogP contribution in [0.15, 0.2) is 29.2 Å². The molecule has 1 aromatic carbocycles. The van der Waals surface area contributed by atoms with Crippen LogP contribution in [0.5, 0.6) is 0 Å². The van der Waals surface area contributed by atoms with Crippen LogP contribution in [0.2, 0.25) is 0 Å². The van der Waals surface area contributed by atoms with Crippen LogP contribution in [0.25, 0.3) is 0 Å². The summed E-state index contributed by atoms with van der Waals surface area (Å²) in [5.41, 5.74) is 1.26. The fraction of sp³-hybridized carbons (Fsp3) is 0.571. The lowest BCUT2D eigenvalue weighted by Crippen LogP contribution is -2.27. The van der Waals surface area contributed by atoms with Gasteiger partial charge in [0, 0.05) is 17.7 Å². The average molecular weight is 251 g/mol. The number of para-hydroxylation sites is 1. The van der Waals surface area contributed by atoms with Gasteiger partial charge in [0.25, 0.3) is 0 Å². The quantitative estimate of drug-likeness (QED) is 0.748. The molecule has 2 rings (SSSR count). The Morgan fingerprint density at radius 1 is 1.41 bits per heavy atom. The van der Waals surface area contributed by atoms with E-state index >= 15 is 0 Å². The lowest BCUT2D eigenvalue weighted by Gasteiger charge is -2.20. The average Bonchev–Trinajstić information content (AvgIpc) is 3.15. The number of ether oxygens (including phenoxy) is 1. The Balaban J connectivity index is 2.04. The molecule has 1 aromatic rings. The second-order valence-electron chi connectivity index (χ2n) is 4.47. The molecule has 94 valence electrons. The number of hydrogen-bond acceptors (Lipinski definition) is 3. The predicted octanol–water partition coefficient (Wildman–Crippen LogP) is 3.64. The first kappa shape index (κ1) is 12.8. The number of hydrogen-bond donors (Lipinski definition) is 1. The maximum absolute atomic E-state index is 5.31. The Morgan fingerprint density at radius 2 is 2.18 bits per heavy atom. The minimum Gasteiger partial charge on any atom is -0.383 e. The van der Waals surface area contributed by atoms with E-state index in [-0.39, 0.29) is 0 Å². The topological polar surface area (TPSA) is 21.3 Å². The van der Waals surface area contributed by atoms with Gasteiger partial charge in [-0.15, -0.1) is 11.8 Å². The number of benzene rings is 1. The zero-order valence-corrected chi connectivity index (χ0v) is 11.4. The molecule has 0 aromatic heterocycles. The van der Waals surface area contributed by atoms with E-state index in [1.54, 1.807) is 7.11 Å². The van der Waals surface area contributed by atoms with Crippen LogP contribution in [0, 0.1) is 5.92 Å². The summed E-state index contributed by atoms with van der Waals surface area (Å²) in [7, 11) is 1.78. The third kappa shape index (κ3) is 3.65. The molecule has 17 heavy (non-hydrogen) atoms. The summed E-state index contributed by atoms with van der Waals surface area (Å²) in [5.74, 6) is 1.91. The monoisotopic (exact) mass is 251 g/mol. The lowest BCUT2D eigenvalue weighted by atomic mass is 10.2. The summed E-state index contributed by atoms with van der Waals surface area (Å²) >= 11 is 1.89. The Labute approximate surface area is 108 Å². The molecule has 1 aliphatic rings. The second kappa shape index (κ2) is 6.31. The fourth-order valence-electron chi connectivity index (χ4n) is 2.04. The van der Waals surface area contributed by atoms with Gasteiger partial charge in [-0.3, -0.25) is 0 Å². The van der Waals surface area contributed by atoms with E-state index < -0.39 is 0 Å². The summed E-state index contributed by atoms with van der Waals surface area (Å²) in [6.07, 6.45) is 2.67. The van der Waals surface area contributed by atoms with Gasteiger partial charge in [-0.2, -0.15) is 0 Å². The molecular formula is C14H21NOS. The molecule has 0 spiro atoms. The minimum atomic E-state index is 0.471. The van der Waals surface area contributed by atoms with Crippen LogP contribution in [0.3, 0.4) is 0 Å². The lowest BCUT2D eigenvalue weighted by molar-refractivity contribution is 0.179. The van der Waals surface area contributed by atoms with Crippen LogP contribution >= 0.6 is 11.8 Å². The number of thioether (sulfide) groups is 1. The predicted molar refractivity (Wildman–Crippen MR) is 74.9 cm³/mol. The van der Waals surface area contributed by atoms with E-state index in [9.17, 15) is 0 Å². The Bertz CT molecular complexity index is 352. The van der Waals surface area contributed by atoms with Crippen molar-refractivity contribution in [2.75, 3.05) is 24.8 Å².